The highest BCUT2D eigenvalue weighted by Gasteiger charge is 2.28. The normalized spacial score (nSPS) is 11.6. The zero-order valence-electron chi connectivity index (χ0n) is 71.6. The molecule has 26 nitrogen and oxygen atoms in total. The Kier molecular flexibility index (Phi) is 18.9. The van der Waals surface area contributed by atoms with Gasteiger partial charge in [-0.1, -0.05) is 84.9 Å². The van der Waals surface area contributed by atoms with E-state index < -0.39 is 0 Å². The first-order valence-electron chi connectivity index (χ1n) is 41.6. The number of fused-ring (bicyclic) bond motifs is 12. The average Bonchev–Trinajstić information content (AvgIpc) is 1.56. The predicted octanol–water partition coefficient (Wildman–Crippen LogP) is 20.4. The second-order valence-corrected chi connectivity index (χ2v) is 31.8. The Bertz CT molecular complexity index is 8190. The van der Waals surface area contributed by atoms with Gasteiger partial charge in [-0.15, -0.1) is 0 Å². The minimum atomic E-state index is 0.422. The lowest BCUT2D eigenvalue weighted by molar-refractivity contribution is 0.928. The highest BCUT2D eigenvalue weighted by molar-refractivity contribution is 6.15. The van der Waals surface area contributed by atoms with Crippen molar-refractivity contribution in [3.05, 3.63) is 312 Å². The minimum absolute atomic E-state index is 0.422. The average molecular weight is 1660 g/mol. The number of aromatic nitrogens is 24. The quantitative estimate of drug-likeness (QED) is 0.110. The molecule has 0 amide bonds. The summed E-state index contributed by atoms with van der Waals surface area (Å²) in [7, 11) is 0. The highest BCUT2D eigenvalue weighted by Crippen LogP contribution is 2.46. The van der Waals surface area contributed by atoms with Crippen molar-refractivity contribution in [1.29, 1.82) is 10.5 Å². The molecule has 128 heavy (non-hydrogen) atoms. The first-order chi connectivity index (χ1) is 62.2. The molecule has 0 aliphatic carbocycles. The number of rotatable bonds is 12. The third-order valence-electron chi connectivity index (χ3n) is 23.0. The Morgan fingerprint density at radius 1 is 0.195 bits per heavy atom. The van der Waals surface area contributed by atoms with E-state index in [1.807, 2.05) is 162 Å². The van der Waals surface area contributed by atoms with Crippen LogP contribution in [0.15, 0.2) is 231 Å². The first-order valence-corrected chi connectivity index (χ1v) is 41.6. The van der Waals surface area contributed by atoms with E-state index in [1.165, 1.54) is 0 Å². The lowest BCUT2D eigenvalue weighted by Crippen LogP contribution is -2.05. The van der Waals surface area contributed by atoms with E-state index in [0.29, 0.717) is 122 Å². The molecular formula is C102H74N26. The molecule has 0 unspecified atom stereocenters. The molecule has 0 atom stereocenters. The molecule has 22 aromatic rings. The molecule has 12 heterocycles. The topological polar surface area (TPSA) is 325 Å². The van der Waals surface area contributed by atoms with Gasteiger partial charge < -0.3 is 18.3 Å². The number of pyridine rings is 2. The van der Waals surface area contributed by atoms with E-state index in [-0.39, 0.29) is 0 Å². The molecule has 0 aliphatic rings. The van der Waals surface area contributed by atoms with Gasteiger partial charge in [0.2, 0.25) is 0 Å². The van der Waals surface area contributed by atoms with Crippen molar-refractivity contribution in [3.63, 3.8) is 0 Å². The summed E-state index contributed by atoms with van der Waals surface area (Å²) in [4.78, 5) is 92.0. The second kappa shape index (κ2) is 31.0. The maximum Gasteiger partial charge on any atom is 0.163 e. The Balaban J connectivity index is 0.000000160. The second-order valence-electron chi connectivity index (χ2n) is 31.8. The molecule has 0 saturated carbocycles. The van der Waals surface area contributed by atoms with E-state index in [0.717, 1.165) is 160 Å². The van der Waals surface area contributed by atoms with Crippen molar-refractivity contribution in [2.45, 2.75) is 83.1 Å². The van der Waals surface area contributed by atoms with Crippen molar-refractivity contribution < 1.29 is 0 Å². The number of nitriles is 2. The molecule has 10 aromatic carbocycles. The molecule has 26 heteroatoms. The van der Waals surface area contributed by atoms with Gasteiger partial charge in [0.25, 0.3) is 0 Å². The Morgan fingerprint density at radius 3 is 0.703 bits per heavy atom. The molecule has 612 valence electrons. The molecule has 0 saturated heterocycles. The van der Waals surface area contributed by atoms with Gasteiger partial charge in [0.15, 0.2) is 34.9 Å². The molecule has 0 radical (unpaired) electrons. The Labute approximate surface area is 732 Å². The van der Waals surface area contributed by atoms with Crippen molar-refractivity contribution in [2.75, 3.05) is 0 Å². The Hall–Kier alpha value is -17.3. The van der Waals surface area contributed by atoms with Gasteiger partial charge in [-0.25, -0.2) is 89.7 Å². The molecule has 12 aromatic heterocycles. The monoisotopic (exact) mass is 1660 g/mol. The van der Waals surface area contributed by atoms with Gasteiger partial charge in [-0.05, 0) is 216 Å². The summed E-state index contributed by atoms with van der Waals surface area (Å²) in [5.41, 5.74) is 20.1. The molecule has 0 bridgehead atoms. The lowest BCUT2D eigenvalue weighted by Gasteiger charge is -2.19. The smallest absolute Gasteiger partial charge is 0.163 e. The van der Waals surface area contributed by atoms with Crippen molar-refractivity contribution >= 4 is 87.2 Å². The van der Waals surface area contributed by atoms with Crippen molar-refractivity contribution in [2.24, 2.45) is 0 Å². The van der Waals surface area contributed by atoms with Gasteiger partial charge in [-0.3, -0.25) is 9.97 Å². The number of hydrogen-bond donors (Lipinski definition) is 0. The number of aryl methyl sites for hydroxylation is 12. The van der Waals surface area contributed by atoms with Crippen LogP contribution in [0, 0.1) is 106 Å². The van der Waals surface area contributed by atoms with E-state index in [2.05, 4.69) is 218 Å². The number of para-hydroxylation sites is 2. The summed E-state index contributed by atoms with van der Waals surface area (Å²) in [5.74, 6) is 11.2. The minimum Gasteiger partial charge on any atom is -0.309 e. The number of hydrogen-bond acceptors (Lipinski definition) is 22. The molecule has 0 N–H and O–H groups in total. The van der Waals surface area contributed by atoms with Crippen LogP contribution in [0.25, 0.3) is 201 Å². The van der Waals surface area contributed by atoms with Crippen LogP contribution in [0.5, 0.6) is 0 Å². The first kappa shape index (κ1) is 78.0. The summed E-state index contributed by atoms with van der Waals surface area (Å²) in [6.07, 6.45) is 7.18. The van der Waals surface area contributed by atoms with Gasteiger partial charge in [0.05, 0.1) is 78.0 Å². The van der Waals surface area contributed by atoms with Crippen LogP contribution in [0.2, 0.25) is 0 Å². The fraction of sp³-hybridized carbons (Fsp3) is 0.118. The largest absolute Gasteiger partial charge is 0.309 e. The third kappa shape index (κ3) is 13.8. The van der Waals surface area contributed by atoms with Gasteiger partial charge in [-0.2, -0.15) is 10.5 Å². The summed E-state index contributed by atoms with van der Waals surface area (Å²) in [6, 6.07) is 75.8. The number of benzene rings is 10. The maximum atomic E-state index is 11.6. The van der Waals surface area contributed by atoms with Crippen LogP contribution in [0.1, 0.15) is 81.0 Å². The molecule has 0 fully saturated rings. The van der Waals surface area contributed by atoms with E-state index in [9.17, 15) is 10.5 Å². The van der Waals surface area contributed by atoms with E-state index in [1.54, 1.807) is 24.8 Å². The van der Waals surface area contributed by atoms with Crippen LogP contribution in [-0.2, 0) is 0 Å². The molecule has 0 aliphatic heterocycles. The van der Waals surface area contributed by atoms with Crippen LogP contribution in [0.4, 0.5) is 0 Å². The zero-order valence-corrected chi connectivity index (χ0v) is 71.6. The van der Waals surface area contributed by atoms with Crippen molar-refractivity contribution in [1.82, 2.24) is 118 Å². The fourth-order valence-corrected chi connectivity index (χ4v) is 17.9. The van der Waals surface area contributed by atoms with E-state index >= 15 is 0 Å². The fourth-order valence-electron chi connectivity index (χ4n) is 17.9. The van der Waals surface area contributed by atoms with Crippen LogP contribution in [0.3, 0.4) is 0 Å². The summed E-state index contributed by atoms with van der Waals surface area (Å²) < 4.78 is 8.84. The van der Waals surface area contributed by atoms with Crippen LogP contribution in [-0.4, -0.2) is 118 Å². The van der Waals surface area contributed by atoms with Crippen LogP contribution >= 0.6 is 0 Å². The zero-order chi connectivity index (χ0) is 87.6. The summed E-state index contributed by atoms with van der Waals surface area (Å²) in [6.45, 7) is 22.5. The third-order valence-corrected chi connectivity index (χ3v) is 23.0. The summed E-state index contributed by atoms with van der Waals surface area (Å²) in [5, 5.41) is 30.7. The predicted molar refractivity (Wildman–Crippen MR) is 496 cm³/mol. The maximum absolute atomic E-state index is 11.6. The molecular weight excluding hydrogens is 1590 g/mol. The van der Waals surface area contributed by atoms with Crippen LogP contribution < -0.4 is 0 Å². The molecule has 0 spiro atoms. The standard InChI is InChI=1S/C56H42N16.C46H32N10/c1-28-59-29(2)64-53(63-28)37-9-13-42-43-14-10-38(54-65-30(3)60-31(4)66-54)22-49(43)71(48(42)21-37)47-26-46(36-17-19-58-20-18-36)52(25-41(47)27-57)72-50-23-39(55-67-32(5)61-33(6)68-55)11-15-44(50)45-16-12-40(24-51(45)72)56-69-34(7)62-35(8)70-56;1-26-49-27(2)52-45(51-26)31-13-15-41-37(21-31)34-9-5-7-11-39(34)55(41)43-24-36(30-17-19-48-20-18-30)44(23-33(43)25-47)56-40-12-8-6-10-35(40)38-22-32(14-16-42(38)56)46-53-28(3)50-29(4)54-46/h9-26H,1-8H3;5-24H,1-4H3. The number of nitrogens with zero attached hydrogens (tertiary/aromatic N) is 26. The lowest BCUT2D eigenvalue weighted by atomic mass is 9.99. The van der Waals surface area contributed by atoms with Gasteiger partial charge in [0, 0.05) is 112 Å². The SMILES string of the molecule is Cc1nc(C)nc(-c2ccc3c(c2)c2ccccc2n3-c2cc(-c3ccncc3)c(-n3c4ccccc4c4cc(-c5nc(C)nc(C)n5)ccc43)cc2C#N)n1.Cc1nc(C)nc(-c2ccc3c4ccc(-c5nc(C)nc(C)n5)cc4n(-c4cc(-c5ccncc5)c(-n5c6cc(-c7nc(C)nc(C)n7)ccc6c6ccc(-c7nc(C)nc(C)n7)cc65)cc4C#N)c3c2)n1. The van der Waals surface area contributed by atoms with Gasteiger partial charge in [0.1, 0.15) is 82.0 Å². The highest BCUT2D eigenvalue weighted by atomic mass is 15.1. The Morgan fingerprint density at radius 2 is 0.422 bits per heavy atom. The van der Waals surface area contributed by atoms with E-state index in [4.69, 9.17) is 39.9 Å². The van der Waals surface area contributed by atoms with Crippen molar-refractivity contribution in [3.8, 4) is 125 Å². The molecule has 22 rings (SSSR count). The van der Waals surface area contributed by atoms with Gasteiger partial charge >= 0.3 is 0 Å². The summed E-state index contributed by atoms with van der Waals surface area (Å²) >= 11 is 0.